The van der Waals surface area contributed by atoms with Gasteiger partial charge in [0.25, 0.3) is 5.91 Å². The fraction of sp³-hybridized carbons (Fsp3) is 0.318. The molecule has 6 heterocycles. The number of hydrogen-bond acceptors (Lipinski definition) is 5. The molecule has 6 nitrogen and oxygen atoms in total. The molecule has 2 atom stereocenters. The van der Waals surface area contributed by atoms with Gasteiger partial charge in [0.15, 0.2) is 0 Å². The summed E-state index contributed by atoms with van der Waals surface area (Å²) in [6.45, 7) is 1.63. The molecule has 0 radical (unpaired) electrons. The van der Waals surface area contributed by atoms with Crippen LogP contribution in [0.15, 0.2) is 43.0 Å². The fourth-order valence-corrected chi connectivity index (χ4v) is 5.86. The maximum atomic E-state index is 13.2. The summed E-state index contributed by atoms with van der Waals surface area (Å²) in [5.74, 6) is 0.0945. The van der Waals surface area contributed by atoms with Crippen molar-refractivity contribution in [1.82, 2.24) is 24.8 Å². The number of nitrogens with one attached hydrogen (secondary N) is 1. The Bertz CT molecular complexity index is 1200. The van der Waals surface area contributed by atoms with Gasteiger partial charge < -0.3 is 9.88 Å². The summed E-state index contributed by atoms with van der Waals surface area (Å²) in [7, 11) is 2.18. The second kappa shape index (κ2) is 6.37. The van der Waals surface area contributed by atoms with E-state index >= 15 is 0 Å². The van der Waals surface area contributed by atoms with Gasteiger partial charge in [0.2, 0.25) is 0 Å². The molecule has 4 aromatic rings. The minimum atomic E-state index is 0.0945. The summed E-state index contributed by atoms with van der Waals surface area (Å²) in [6.07, 6.45) is 9.78. The first-order chi connectivity index (χ1) is 14.2. The highest BCUT2D eigenvalue weighted by Crippen LogP contribution is 2.37. The molecule has 146 valence electrons. The van der Waals surface area contributed by atoms with E-state index in [-0.39, 0.29) is 5.91 Å². The van der Waals surface area contributed by atoms with E-state index in [9.17, 15) is 4.79 Å². The smallest absolute Gasteiger partial charge is 0.255 e. The Morgan fingerprint density at radius 1 is 1.21 bits per heavy atom. The number of carbonyl (C=O) groups is 1. The van der Waals surface area contributed by atoms with Gasteiger partial charge in [-0.05, 0) is 43.5 Å². The summed E-state index contributed by atoms with van der Waals surface area (Å²) >= 11 is 1.71. The zero-order valence-electron chi connectivity index (χ0n) is 16.1. The number of amides is 1. The van der Waals surface area contributed by atoms with Gasteiger partial charge in [0.05, 0.1) is 10.3 Å². The molecule has 2 bridgehead atoms. The normalized spacial score (nSPS) is 22.0. The summed E-state index contributed by atoms with van der Waals surface area (Å²) in [5.41, 5.74) is 2.57. The van der Waals surface area contributed by atoms with E-state index in [4.69, 9.17) is 0 Å². The van der Waals surface area contributed by atoms with Crippen molar-refractivity contribution in [3.05, 3.63) is 48.5 Å². The zero-order chi connectivity index (χ0) is 19.5. The first kappa shape index (κ1) is 17.1. The average molecular weight is 404 g/mol. The lowest BCUT2D eigenvalue weighted by Crippen LogP contribution is -2.53. The molecule has 0 saturated carbocycles. The number of hydrogen-bond donors (Lipinski definition) is 1. The third-order valence-electron chi connectivity index (χ3n) is 6.50. The predicted octanol–water partition coefficient (Wildman–Crippen LogP) is 3.76. The van der Waals surface area contributed by atoms with E-state index in [0.29, 0.717) is 17.6 Å². The van der Waals surface area contributed by atoms with E-state index in [1.54, 1.807) is 17.5 Å². The second-order valence-corrected chi connectivity index (χ2v) is 9.19. The molecule has 2 unspecified atom stereocenters. The van der Waals surface area contributed by atoms with Crippen LogP contribution in [0.5, 0.6) is 0 Å². The van der Waals surface area contributed by atoms with Gasteiger partial charge in [-0.3, -0.25) is 14.7 Å². The van der Waals surface area contributed by atoms with Gasteiger partial charge in [0.1, 0.15) is 5.65 Å². The predicted molar refractivity (Wildman–Crippen MR) is 115 cm³/mol. The first-order valence-corrected chi connectivity index (χ1v) is 10.8. The summed E-state index contributed by atoms with van der Waals surface area (Å²) in [6, 6.07) is 7.18. The van der Waals surface area contributed by atoms with Crippen LogP contribution in [0.3, 0.4) is 0 Å². The Balaban J connectivity index is 1.37. The zero-order valence-corrected chi connectivity index (χ0v) is 16.9. The van der Waals surface area contributed by atoms with Crippen LogP contribution in [0.25, 0.3) is 31.6 Å². The lowest BCUT2D eigenvalue weighted by Gasteiger charge is -2.38. The van der Waals surface area contributed by atoms with E-state index in [0.717, 1.165) is 39.3 Å². The number of thiophene rings is 1. The number of likely N-dealkylation sites (N-methyl/N-ethyl adjacent to an activating group) is 1. The molecule has 7 heteroatoms. The number of pyridine rings is 2. The van der Waals surface area contributed by atoms with Gasteiger partial charge in [0, 0.05) is 65.8 Å². The Labute approximate surface area is 172 Å². The molecule has 2 fully saturated rings. The van der Waals surface area contributed by atoms with Gasteiger partial charge in [-0.15, -0.1) is 11.3 Å². The molecule has 2 saturated heterocycles. The van der Waals surface area contributed by atoms with Crippen LogP contribution in [0, 0.1) is 0 Å². The Morgan fingerprint density at radius 2 is 2.03 bits per heavy atom. The maximum Gasteiger partial charge on any atom is 0.255 e. The highest BCUT2D eigenvalue weighted by Gasteiger charge is 2.39. The first-order valence-electron chi connectivity index (χ1n) is 9.99. The van der Waals surface area contributed by atoms with Gasteiger partial charge in [-0.1, -0.05) is 0 Å². The van der Waals surface area contributed by atoms with Gasteiger partial charge >= 0.3 is 0 Å². The molecule has 0 spiro atoms. The third kappa shape index (κ3) is 2.68. The maximum absolute atomic E-state index is 13.2. The van der Waals surface area contributed by atoms with E-state index in [2.05, 4.69) is 33.0 Å². The topological polar surface area (TPSA) is 65.1 Å². The number of fused-ring (bicyclic) bond motifs is 4. The Morgan fingerprint density at radius 3 is 2.83 bits per heavy atom. The van der Waals surface area contributed by atoms with Crippen LogP contribution in [0.1, 0.15) is 23.2 Å². The van der Waals surface area contributed by atoms with Crippen molar-refractivity contribution < 1.29 is 4.79 Å². The molecule has 29 heavy (non-hydrogen) atoms. The molecule has 2 aliphatic rings. The molecule has 0 aromatic carbocycles. The number of aromatic amines is 1. The number of H-pyrrole nitrogens is 1. The van der Waals surface area contributed by atoms with Crippen LogP contribution in [-0.4, -0.2) is 62.9 Å². The molecule has 4 aromatic heterocycles. The number of aromatic nitrogens is 3. The highest BCUT2D eigenvalue weighted by molar-refractivity contribution is 7.22. The molecule has 2 aliphatic heterocycles. The lowest BCUT2D eigenvalue weighted by molar-refractivity contribution is 0.0524. The quantitative estimate of drug-likeness (QED) is 0.554. The average Bonchev–Trinajstić information content (AvgIpc) is 3.39. The SMILES string of the molecule is CN1C2CCC1CN(C(=O)c1cnc3[nH]cc(-c4cc5ccncc5s4)c3c1)C2. The third-order valence-corrected chi connectivity index (χ3v) is 7.62. The standard InChI is InChI=1S/C22H21N5OS/c1-26-15-2-3-16(26)12-27(11-15)22(28)14-6-17-18(9-25-21(17)24-8-14)19-7-13-4-5-23-10-20(13)29-19/h4-10,15-16H,2-3,11-12H2,1H3,(H,24,25). The minimum Gasteiger partial charge on any atom is -0.345 e. The molecule has 1 amide bonds. The molecule has 6 rings (SSSR count). The largest absolute Gasteiger partial charge is 0.345 e. The van der Waals surface area contributed by atoms with Crippen molar-refractivity contribution in [2.24, 2.45) is 0 Å². The number of likely N-dealkylation sites (tertiary alicyclic amines) is 1. The summed E-state index contributed by atoms with van der Waals surface area (Å²) < 4.78 is 1.16. The van der Waals surface area contributed by atoms with Crippen molar-refractivity contribution >= 4 is 38.4 Å². The number of nitrogens with zero attached hydrogens (tertiary/aromatic N) is 4. The Kier molecular flexibility index (Phi) is 3.76. The van der Waals surface area contributed by atoms with Crippen LogP contribution in [0.4, 0.5) is 0 Å². The molecular weight excluding hydrogens is 382 g/mol. The highest BCUT2D eigenvalue weighted by atomic mass is 32.1. The summed E-state index contributed by atoms with van der Waals surface area (Å²) in [5, 5.41) is 2.18. The van der Waals surface area contributed by atoms with Crippen LogP contribution >= 0.6 is 11.3 Å². The number of carbonyl (C=O) groups excluding carboxylic acids is 1. The van der Waals surface area contributed by atoms with E-state index < -0.39 is 0 Å². The van der Waals surface area contributed by atoms with Gasteiger partial charge in [-0.2, -0.15) is 0 Å². The number of rotatable bonds is 2. The second-order valence-electron chi connectivity index (χ2n) is 8.11. The lowest BCUT2D eigenvalue weighted by atomic mass is 10.1. The number of piperazine rings is 1. The molecule has 0 aliphatic carbocycles. The van der Waals surface area contributed by atoms with Crippen LogP contribution in [-0.2, 0) is 0 Å². The van der Waals surface area contributed by atoms with Crippen LogP contribution in [0.2, 0.25) is 0 Å². The Hall–Kier alpha value is -2.77. The van der Waals surface area contributed by atoms with E-state index in [1.165, 1.54) is 18.2 Å². The van der Waals surface area contributed by atoms with Gasteiger partial charge in [-0.25, -0.2) is 4.98 Å². The molecule has 1 N–H and O–H groups in total. The molecular formula is C22H21N5OS. The van der Waals surface area contributed by atoms with Crippen molar-refractivity contribution in [2.75, 3.05) is 20.1 Å². The minimum absolute atomic E-state index is 0.0945. The van der Waals surface area contributed by atoms with E-state index in [1.807, 2.05) is 35.6 Å². The van der Waals surface area contributed by atoms with Crippen molar-refractivity contribution in [1.29, 1.82) is 0 Å². The monoisotopic (exact) mass is 403 g/mol. The summed E-state index contributed by atoms with van der Waals surface area (Å²) in [4.78, 5) is 30.9. The fourth-order valence-electron chi connectivity index (χ4n) is 4.80. The van der Waals surface area contributed by atoms with Crippen molar-refractivity contribution in [3.8, 4) is 10.4 Å². The van der Waals surface area contributed by atoms with Crippen molar-refractivity contribution in [2.45, 2.75) is 24.9 Å². The van der Waals surface area contributed by atoms with Crippen molar-refractivity contribution in [3.63, 3.8) is 0 Å². The van der Waals surface area contributed by atoms with Crippen LogP contribution < -0.4 is 0 Å².